The van der Waals surface area contributed by atoms with Crippen LogP contribution >= 0.6 is 0 Å². The molecule has 3 rings (SSSR count). The standard InChI is InChI=1S/C20H28N2O5/c1-13-20(2,17(23)12-27-13)22-19(25)16(10-14-6-4-3-5-7-14)21-18(24)15-8-9-26-11-15/h8-9,11,13-14,16H,3-7,10,12H2,1-2H3,(H,21,24)(H,22,25)/t13-,16-,20+/m0/s1. The lowest BCUT2D eigenvalue weighted by Gasteiger charge is -2.31. The molecule has 27 heavy (non-hydrogen) atoms. The van der Waals surface area contributed by atoms with Crippen molar-refractivity contribution in [2.75, 3.05) is 6.61 Å². The summed E-state index contributed by atoms with van der Waals surface area (Å²) in [5.74, 6) is -0.460. The fraction of sp³-hybridized carbons (Fsp3) is 0.650. The molecule has 1 aromatic rings. The molecular formula is C20H28N2O5. The monoisotopic (exact) mass is 376 g/mol. The Morgan fingerprint density at radius 2 is 2.04 bits per heavy atom. The average molecular weight is 376 g/mol. The molecule has 2 amide bonds. The molecule has 7 nitrogen and oxygen atoms in total. The molecule has 2 N–H and O–H groups in total. The van der Waals surface area contributed by atoms with Crippen LogP contribution in [0.5, 0.6) is 0 Å². The largest absolute Gasteiger partial charge is 0.472 e. The second-order valence-electron chi connectivity index (χ2n) is 7.85. The van der Waals surface area contributed by atoms with E-state index in [0.29, 0.717) is 17.9 Å². The minimum Gasteiger partial charge on any atom is -0.472 e. The summed E-state index contributed by atoms with van der Waals surface area (Å²) in [7, 11) is 0. The summed E-state index contributed by atoms with van der Waals surface area (Å²) in [4.78, 5) is 37.7. The minimum atomic E-state index is -1.07. The van der Waals surface area contributed by atoms with Gasteiger partial charge in [-0.05, 0) is 32.3 Å². The van der Waals surface area contributed by atoms with Crippen LogP contribution in [0, 0.1) is 5.92 Å². The number of furan rings is 1. The van der Waals surface area contributed by atoms with Crippen LogP contribution in [0.2, 0.25) is 0 Å². The van der Waals surface area contributed by atoms with Crippen LogP contribution in [0.25, 0.3) is 0 Å². The van der Waals surface area contributed by atoms with Crippen molar-refractivity contribution in [2.45, 2.75) is 70.1 Å². The number of hydrogen-bond donors (Lipinski definition) is 2. The summed E-state index contributed by atoms with van der Waals surface area (Å²) >= 11 is 0. The smallest absolute Gasteiger partial charge is 0.255 e. The molecule has 148 valence electrons. The Bertz CT molecular complexity index is 681. The maximum atomic E-state index is 13.0. The van der Waals surface area contributed by atoms with Gasteiger partial charge in [-0.25, -0.2) is 0 Å². The molecule has 1 saturated heterocycles. The summed E-state index contributed by atoms with van der Waals surface area (Å²) in [6, 6.07) is 0.857. The molecule has 1 aromatic heterocycles. The lowest BCUT2D eigenvalue weighted by atomic mass is 9.84. The van der Waals surface area contributed by atoms with E-state index in [4.69, 9.17) is 9.15 Å². The van der Waals surface area contributed by atoms with Crippen LogP contribution in [-0.2, 0) is 14.3 Å². The van der Waals surface area contributed by atoms with Crippen LogP contribution in [-0.4, -0.2) is 41.9 Å². The summed E-state index contributed by atoms with van der Waals surface area (Å²) < 4.78 is 10.3. The Balaban J connectivity index is 1.72. The van der Waals surface area contributed by atoms with Crippen molar-refractivity contribution in [3.8, 4) is 0 Å². The van der Waals surface area contributed by atoms with E-state index in [1.54, 1.807) is 19.9 Å². The van der Waals surface area contributed by atoms with Gasteiger partial charge < -0.3 is 19.8 Å². The van der Waals surface area contributed by atoms with Crippen molar-refractivity contribution in [3.63, 3.8) is 0 Å². The predicted octanol–water partition coefficient (Wildman–Crippen LogP) is 2.21. The summed E-state index contributed by atoms with van der Waals surface area (Å²) in [5.41, 5.74) is -0.696. The zero-order valence-electron chi connectivity index (χ0n) is 16.0. The third-order valence-electron chi connectivity index (χ3n) is 5.94. The molecule has 1 aliphatic carbocycles. The van der Waals surface area contributed by atoms with Gasteiger partial charge in [-0.15, -0.1) is 0 Å². The molecule has 2 fully saturated rings. The van der Waals surface area contributed by atoms with Crippen LogP contribution in [0.4, 0.5) is 0 Å². The van der Waals surface area contributed by atoms with Crippen LogP contribution < -0.4 is 10.6 Å². The Morgan fingerprint density at radius 1 is 1.30 bits per heavy atom. The predicted molar refractivity (Wildman–Crippen MR) is 98.1 cm³/mol. The Labute approximate surface area is 159 Å². The Hall–Kier alpha value is -2.15. The number of hydrogen-bond acceptors (Lipinski definition) is 5. The third-order valence-corrected chi connectivity index (χ3v) is 5.94. The van der Waals surface area contributed by atoms with Gasteiger partial charge in [0, 0.05) is 0 Å². The van der Waals surface area contributed by atoms with Gasteiger partial charge in [0.15, 0.2) is 5.78 Å². The zero-order valence-corrected chi connectivity index (χ0v) is 16.0. The molecule has 0 bridgehead atoms. The van der Waals surface area contributed by atoms with E-state index in [9.17, 15) is 14.4 Å². The lowest BCUT2D eigenvalue weighted by molar-refractivity contribution is -0.131. The minimum absolute atomic E-state index is 0.00732. The van der Waals surface area contributed by atoms with Crippen molar-refractivity contribution in [1.29, 1.82) is 0 Å². The van der Waals surface area contributed by atoms with Gasteiger partial charge in [0.1, 0.15) is 24.5 Å². The maximum Gasteiger partial charge on any atom is 0.255 e. The molecule has 0 unspecified atom stereocenters. The number of ketones is 1. The SMILES string of the molecule is C[C@@H]1OCC(=O)[C@]1(C)NC(=O)[C@H](CC1CCCCC1)NC(=O)c1ccoc1. The molecule has 2 aliphatic rings. The van der Waals surface area contributed by atoms with Gasteiger partial charge in [-0.1, -0.05) is 32.1 Å². The van der Waals surface area contributed by atoms with Crippen LogP contribution in [0.3, 0.4) is 0 Å². The molecule has 7 heteroatoms. The van der Waals surface area contributed by atoms with Gasteiger partial charge in [0.2, 0.25) is 5.91 Å². The van der Waals surface area contributed by atoms with Crippen molar-refractivity contribution in [3.05, 3.63) is 24.2 Å². The van der Waals surface area contributed by atoms with Crippen LogP contribution in [0.1, 0.15) is 62.7 Å². The second kappa shape index (κ2) is 8.25. The number of carbonyl (C=O) groups is 3. The molecule has 1 saturated carbocycles. The van der Waals surface area contributed by atoms with E-state index in [0.717, 1.165) is 25.7 Å². The lowest BCUT2D eigenvalue weighted by Crippen LogP contribution is -2.60. The van der Waals surface area contributed by atoms with Gasteiger partial charge in [0.05, 0.1) is 17.9 Å². The molecule has 3 atom stereocenters. The molecule has 0 radical (unpaired) electrons. The Morgan fingerprint density at radius 3 is 2.63 bits per heavy atom. The first kappa shape index (κ1) is 19.6. The van der Waals surface area contributed by atoms with Gasteiger partial charge in [-0.2, -0.15) is 0 Å². The van der Waals surface area contributed by atoms with E-state index in [-0.39, 0.29) is 24.2 Å². The molecular weight excluding hydrogens is 348 g/mol. The number of amides is 2. The van der Waals surface area contributed by atoms with Gasteiger partial charge in [-0.3, -0.25) is 14.4 Å². The summed E-state index contributed by atoms with van der Waals surface area (Å²) in [6.45, 7) is 3.44. The number of rotatable bonds is 6. The summed E-state index contributed by atoms with van der Waals surface area (Å²) in [6.07, 6.45) is 8.55. The highest BCUT2D eigenvalue weighted by Crippen LogP contribution is 2.28. The fourth-order valence-corrected chi connectivity index (χ4v) is 3.88. The topological polar surface area (TPSA) is 97.6 Å². The number of carbonyl (C=O) groups excluding carboxylic acids is 3. The number of ether oxygens (including phenoxy) is 1. The molecule has 0 spiro atoms. The summed E-state index contributed by atoms with van der Waals surface area (Å²) in [5, 5.41) is 5.67. The van der Waals surface area contributed by atoms with Gasteiger partial charge in [0.25, 0.3) is 5.91 Å². The van der Waals surface area contributed by atoms with Gasteiger partial charge >= 0.3 is 0 Å². The maximum absolute atomic E-state index is 13.0. The third kappa shape index (κ3) is 4.40. The zero-order chi connectivity index (χ0) is 19.4. The highest BCUT2D eigenvalue weighted by Gasteiger charge is 2.47. The average Bonchev–Trinajstić information content (AvgIpc) is 3.27. The van der Waals surface area contributed by atoms with E-state index >= 15 is 0 Å². The Kier molecular flexibility index (Phi) is 5.99. The molecule has 0 aromatic carbocycles. The van der Waals surface area contributed by atoms with E-state index in [1.807, 2.05) is 0 Å². The van der Waals surface area contributed by atoms with Crippen molar-refractivity contribution in [1.82, 2.24) is 10.6 Å². The van der Waals surface area contributed by atoms with E-state index in [2.05, 4.69) is 10.6 Å². The van der Waals surface area contributed by atoms with Crippen molar-refractivity contribution >= 4 is 17.6 Å². The second-order valence-corrected chi connectivity index (χ2v) is 7.85. The first-order valence-corrected chi connectivity index (χ1v) is 9.70. The fourth-order valence-electron chi connectivity index (χ4n) is 3.88. The van der Waals surface area contributed by atoms with E-state index < -0.39 is 17.7 Å². The van der Waals surface area contributed by atoms with Crippen LogP contribution in [0.15, 0.2) is 23.0 Å². The molecule has 2 heterocycles. The highest BCUT2D eigenvalue weighted by atomic mass is 16.5. The number of nitrogens with one attached hydrogen (secondary N) is 2. The normalized spacial score (nSPS) is 27.3. The van der Waals surface area contributed by atoms with Crippen molar-refractivity contribution in [2.24, 2.45) is 5.92 Å². The molecule has 1 aliphatic heterocycles. The highest BCUT2D eigenvalue weighted by molar-refractivity contribution is 6.00. The first-order chi connectivity index (χ1) is 12.9. The first-order valence-electron chi connectivity index (χ1n) is 9.70. The van der Waals surface area contributed by atoms with Crippen molar-refractivity contribution < 1.29 is 23.5 Å². The quantitative estimate of drug-likeness (QED) is 0.793. The van der Waals surface area contributed by atoms with E-state index in [1.165, 1.54) is 18.9 Å². The number of Topliss-reactive ketones (excluding diaryl/α,β-unsaturated/α-hetero) is 1.